The van der Waals surface area contributed by atoms with Crippen molar-refractivity contribution in [3.8, 4) is 5.75 Å². The number of amides is 2. The third-order valence-corrected chi connectivity index (χ3v) is 2.46. The highest BCUT2D eigenvalue weighted by molar-refractivity contribution is 6.35. The molecule has 3 N–H and O–H groups in total. The lowest BCUT2D eigenvalue weighted by Crippen LogP contribution is -2.37. The quantitative estimate of drug-likeness (QED) is 0.399. The second kappa shape index (κ2) is 8.40. The average molecular weight is 307 g/mol. The van der Waals surface area contributed by atoms with Gasteiger partial charge in [-0.1, -0.05) is 0 Å². The third kappa shape index (κ3) is 4.89. The van der Waals surface area contributed by atoms with Gasteiger partial charge in [-0.25, -0.2) is 10.2 Å². The molecule has 8 heteroatoms. The van der Waals surface area contributed by atoms with Gasteiger partial charge in [0.15, 0.2) is 0 Å². The van der Waals surface area contributed by atoms with Gasteiger partial charge in [-0.2, -0.15) is 5.10 Å². The topological polar surface area (TPSA) is 117 Å². The van der Waals surface area contributed by atoms with Crippen LogP contribution in [0.25, 0.3) is 0 Å². The van der Waals surface area contributed by atoms with E-state index in [4.69, 9.17) is 9.84 Å². The van der Waals surface area contributed by atoms with Gasteiger partial charge in [0.1, 0.15) is 11.3 Å². The van der Waals surface area contributed by atoms with Gasteiger partial charge in [0, 0.05) is 6.54 Å². The minimum atomic E-state index is -1.13. The summed E-state index contributed by atoms with van der Waals surface area (Å²) >= 11 is 0. The second-order valence-corrected chi connectivity index (χ2v) is 4.05. The molecule has 0 atom stereocenters. The number of rotatable bonds is 6. The molecule has 0 fully saturated rings. The van der Waals surface area contributed by atoms with Crippen LogP contribution in [-0.4, -0.2) is 42.3 Å². The number of hydrogen-bond donors (Lipinski definition) is 3. The summed E-state index contributed by atoms with van der Waals surface area (Å²) < 4.78 is 5.21. The van der Waals surface area contributed by atoms with Crippen molar-refractivity contribution in [3.63, 3.8) is 0 Å². The van der Waals surface area contributed by atoms with E-state index in [2.05, 4.69) is 10.4 Å². The van der Waals surface area contributed by atoms with Crippen molar-refractivity contribution in [2.24, 2.45) is 5.10 Å². The van der Waals surface area contributed by atoms with Gasteiger partial charge < -0.3 is 15.2 Å². The maximum atomic E-state index is 11.3. The largest absolute Gasteiger partial charge is 0.493 e. The summed E-state index contributed by atoms with van der Waals surface area (Å²) in [6.07, 6.45) is 1.24. The number of aromatic carboxylic acids is 1. The Kier molecular flexibility index (Phi) is 6.55. The number of carbonyl (C=O) groups is 3. The number of nitrogens with zero attached hydrogens (tertiary/aromatic N) is 1. The van der Waals surface area contributed by atoms with Crippen LogP contribution in [0, 0.1) is 0 Å². The van der Waals surface area contributed by atoms with E-state index < -0.39 is 17.8 Å². The second-order valence-electron chi connectivity index (χ2n) is 4.05. The monoisotopic (exact) mass is 307 g/mol. The molecule has 1 rings (SSSR count). The molecule has 0 aliphatic carbocycles. The third-order valence-electron chi connectivity index (χ3n) is 2.46. The molecule has 0 unspecified atom stereocenters. The number of nitrogens with one attached hydrogen (secondary N) is 2. The molecule has 22 heavy (non-hydrogen) atoms. The Labute approximate surface area is 127 Å². The van der Waals surface area contributed by atoms with Crippen LogP contribution < -0.4 is 15.5 Å². The number of hydrazone groups is 1. The molecule has 0 aliphatic rings. The van der Waals surface area contributed by atoms with Crippen LogP contribution in [0.1, 0.15) is 29.8 Å². The summed E-state index contributed by atoms with van der Waals surface area (Å²) in [5, 5.41) is 15.0. The number of ether oxygens (including phenoxy) is 1. The lowest BCUT2D eigenvalue weighted by atomic mass is 10.1. The fourth-order valence-corrected chi connectivity index (χ4v) is 1.53. The highest BCUT2D eigenvalue weighted by Crippen LogP contribution is 2.19. The van der Waals surface area contributed by atoms with Gasteiger partial charge in [0.25, 0.3) is 0 Å². The van der Waals surface area contributed by atoms with Crippen molar-refractivity contribution in [2.75, 3.05) is 13.2 Å². The van der Waals surface area contributed by atoms with E-state index in [0.717, 1.165) is 0 Å². The van der Waals surface area contributed by atoms with Crippen molar-refractivity contribution in [1.29, 1.82) is 0 Å². The van der Waals surface area contributed by atoms with Crippen LogP contribution in [0.4, 0.5) is 0 Å². The predicted molar refractivity (Wildman–Crippen MR) is 79.0 cm³/mol. The molecule has 0 aliphatic heterocycles. The summed E-state index contributed by atoms with van der Waals surface area (Å²) in [5.41, 5.74) is 2.47. The van der Waals surface area contributed by atoms with Crippen molar-refractivity contribution in [1.82, 2.24) is 10.7 Å². The zero-order chi connectivity index (χ0) is 16.5. The zero-order valence-electron chi connectivity index (χ0n) is 12.3. The summed E-state index contributed by atoms with van der Waals surface area (Å²) in [6, 6.07) is 4.44. The van der Waals surface area contributed by atoms with Gasteiger partial charge >= 0.3 is 17.8 Å². The van der Waals surface area contributed by atoms with E-state index in [1.54, 1.807) is 19.9 Å². The van der Waals surface area contributed by atoms with Crippen molar-refractivity contribution in [3.05, 3.63) is 29.3 Å². The van der Waals surface area contributed by atoms with Gasteiger partial charge in [0.2, 0.25) is 0 Å². The van der Waals surface area contributed by atoms with Crippen LogP contribution in [0.15, 0.2) is 23.3 Å². The Morgan fingerprint density at radius 2 is 2.00 bits per heavy atom. The van der Waals surface area contributed by atoms with Gasteiger partial charge in [0.05, 0.1) is 12.8 Å². The lowest BCUT2D eigenvalue weighted by Gasteiger charge is -2.07. The Morgan fingerprint density at radius 1 is 1.27 bits per heavy atom. The fourth-order valence-electron chi connectivity index (χ4n) is 1.53. The first kappa shape index (κ1) is 17.2. The SMILES string of the molecule is CCNC(=O)C(=O)N/N=C\c1ccc(OCC)c(C(=O)O)c1. The summed E-state index contributed by atoms with van der Waals surface area (Å²) in [7, 11) is 0. The first-order chi connectivity index (χ1) is 10.5. The molecule has 118 valence electrons. The fraction of sp³-hybridized carbons (Fsp3) is 0.286. The smallest absolute Gasteiger partial charge is 0.339 e. The van der Waals surface area contributed by atoms with Crippen molar-refractivity contribution >= 4 is 24.0 Å². The van der Waals surface area contributed by atoms with Crippen LogP contribution in [0.3, 0.4) is 0 Å². The maximum Gasteiger partial charge on any atom is 0.339 e. The van der Waals surface area contributed by atoms with Crippen LogP contribution >= 0.6 is 0 Å². The molecule has 0 saturated carbocycles. The molecule has 1 aromatic rings. The molecular weight excluding hydrogens is 290 g/mol. The highest BCUT2D eigenvalue weighted by atomic mass is 16.5. The molecule has 2 amide bonds. The zero-order valence-corrected chi connectivity index (χ0v) is 12.3. The number of carbonyl (C=O) groups excluding carboxylic acids is 2. The Hall–Kier alpha value is -2.90. The molecule has 0 spiro atoms. The van der Waals surface area contributed by atoms with Crippen molar-refractivity contribution in [2.45, 2.75) is 13.8 Å². The number of carboxylic acids is 1. The number of hydrogen-bond acceptors (Lipinski definition) is 5. The van der Waals surface area contributed by atoms with Crippen molar-refractivity contribution < 1.29 is 24.2 Å². The highest BCUT2D eigenvalue weighted by Gasteiger charge is 2.12. The molecule has 1 aromatic carbocycles. The van der Waals surface area contributed by atoms with Crippen LogP contribution in [0.2, 0.25) is 0 Å². The average Bonchev–Trinajstić information content (AvgIpc) is 2.48. The molecule has 0 heterocycles. The molecule has 8 nitrogen and oxygen atoms in total. The van der Waals surface area contributed by atoms with E-state index in [1.807, 2.05) is 5.43 Å². The van der Waals surface area contributed by atoms with Crippen LogP contribution in [-0.2, 0) is 9.59 Å². The Balaban J connectivity index is 2.79. The van der Waals surface area contributed by atoms with Crippen LogP contribution in [0.5, 0.6) is 5.75 Å². The van der Waals surface area contributed by atoms with E-state index in [0.29, 0.717) is 18.7 Å². The molecule has 0 bridgehead atoms. The summed E-state index contributed by atoms with van der Waals surface area (Å²) in [4.78, 5) is 33.6. The number of benzene rings is 1. The van der Waals surface area contributed by atoms with E-state index >= 15 is 0 Å². The molecule has 0 aromatic heterocycles. The molecule has 0 radical (unpaired) electrons. The maximum absolute atomic E-state index is 11.3. The standard InChI is InChI=1S/C14H17N3O5/c1-3-15-12(18)13(19)17-16-8-9-5-6-11(22-4-2)10(7-9)14(20)21/h5-8H,3-4H2,1-2H3,(H,15,18)(H,17,19)(H,20,21)/b16-8-. The molecule has 0 saturated heterocycles. The Bertz CT molecular complexity index is 598. The number of carboxylic acid groups (broad SMARTS) is 1. The minimum absolute atomic E-state index is 0.0131. The lowest BCUT2D eigenvalue weighted by molar-refractivity contribution is -0.139. The summed E-state index contributed by atoms with van der Waals surface area (Å²) in [5.74, 6) is -2.58. The van der Waals surface area contributed by atoms with E-state index in [9.17, 15) is 14.4 Å². The van der Waals surface area contributed by atoms with Gasteiger partial charge in [-0.05, 0) is 37.6 Å². The Morgan fingerprint density at radius 3 is 2.59 bits per heavy atom. The van der Waals surface area contributed by atoms with Gasteiger partial charge in [-0.3, -0.25) is 9.59 Å². The first-order valence-electron chi connectivity index (χ1n) is 6.61. The minimum Gasteiger partial charge on any atom is -0.493 e. The van der Waals surface area contributed by atoms with Gasteiger partial charge in [-0.15, -0.1) is 0 Å². The predicted octanol–water partition coefficient (Wildman–Crippen LogP) is 0.370. The van der Waals surface area contributed by atoms with E-state index in [1.165, 1.54) is 18.3 Å². The summed E-state index contributed by atoms with van der Waals surface area (Å²) in [6.45, 7) is 4.10. The first-order valence-corrected chi connectivity index (χ1v) is 6.61. The normalized spacial score (nSPS) is 10.3. The number of likely N-dealkylation sites (N-methyl/N-ethyl adjacent to an activating group) is 1. The van der Waals surface area contributed by atoms with E-state index in [-0.39, 0.29) is 11.3 Å². The molecular formula is C14H17N3O5.